The van der Waals surface area contributed by atoms with Gasteiger partial charge in [0.25, 0.3) is 0 Å². The lowest BCUT2D eigenvalue weighted by molar-refractivity contribution is 0.0702. The quantitative estimate of drug-likeness (QED) is 0.778. The summed E-state index contributed by atoms with van der Waals surface area (Å²) in [4.78, 5) is 16.6. The Labute approximate surface area is 114 Å². The van der Waals surface area contributed by atoms with Crippen LogP contribution in [0.25, 0.3) is 16.2 Å². The molecule has 0 atom stereocenters. The first-order valence-electron chi connectivity index (χ1n) is 5.84. The summed E-state index contributed by atoms with van der Waals surface area (Å²) in [6.07, 6.45) is 3.48. The Hall–Kier alpha value is -2.14. The summed E-state index contributed by atoms with van der Waals surface area (Å²) >= 11 is 1.20. The van der Waals surface area contributed by atoms with Crippen LogP contribution < -0.4 is 0 Å². The number of benzene rings is 1. The molecule has 0 amide bonds. The van der Waals surface area contributed by atoms with E-state index in [4.69, 9.17) is 0 Å². The van der Waals surface area contributed by atoms with E-state index < -0.39 is 5.97 Å². The number of imidazole rings is 1. The Morgan fingerprint density at radius 2 is 2.16 bits per heavy atom. The number of fused-ring (bicyclic) bond motifs is 1. The first-order valence-corrected chi connectivity index (χ1v) is 6.66. The summed E-state index contributed by atoms with van der Waals surface area (Å²) < 4.78 is 1.84. The molecule has 0 radical (unpaired) electrons. The van der Waals surface area contributed by atoms with Gasteiger partial charge in [0, 0.05) is 18.0 Å². The van der Waals surface area contributed by atoms with E-state index in [-0.39, 0.29) is 0 Å². The van der Waals surface area contributed by atoms with Gasteiger partial charge in [-0.1, -0.05) is 35.1 Å². The van der Waals surface area contributed by atoms with E-state index in [1.165, 1.54) is 11.3 Å². The molecule has 5 heteroatoms. The van der Waals surface area contributed by atoms with Crippen molar-refractivity contribution in [2.24, 2.45) is 0 Å². The summed E-state index contributed by atoms with van der Waals surface area (Å²) in [5.41, 5.74) is 3.88. The van der Waals surface area contributed by atoms with Gasteiger partial charge in [-0.25, -0.2) is 9.78 Å². The van der Waals surface area contributed by atoms with Gasteiger partial charge in [-0.3, -0.25) is 4.40 Å². The molecule has 4 nitrogen and oxygen atoms in total. The Balaban J connectivity index is 2.36. The van der Waals surface area contributed by atoms with Gasteiger partial charge in [-0.2, -0.15) is 0 Å². The molecule has 0 aliphatic rings. The number of carboxylic acids is 1. The Kier molecular flexibility index (Phi) is 2.64. The third-order valence-corrected chi connectivity index (χ3v) is 4.14. The van der Waals surface area contributed by atoms with Crippen LogP contribution >= 0.6 is 11.3 Å². The van der Waals surface area contributed by atoms with E-state index in [1.807, 2.05) is 30.4 Å². The summed E-state index contributed by atoms with van der Waals surface area (Å²) in [6, 6.07) is 6.02. The van der Waals surface area contributed by atoms with E-state index in [0.717, 1.165) is 16.7 Å². The van der Waals surface area contributed by atoms with Crippen molar-refractivity contribution in [3.8, 4) is 11.3 Å². The van der Waals surface area contributed by atoms with Crippen LogP contribution in [0.15, 0.2) is 30.6 Å². The van der Waals surface area contributed by atoms with Crippen LogP contribution in [-0.2, 0) is 0 Å². The number of carbonyl (C=O) groups is 1. The van der Waals surface area contributed by atoms with Crippen molar-refractivity contribution in [2.75, 3.05) is 0 Å². The molecule has 1 N–H and O–H groups in total. The molecule has 0 unspecified atom stereocenters. The maximum atomic E-state index is 11.4. The van der Waals surface area contributed by atoms with Crippen molar-refractivity contribution in [2.45, 2.75) is 13.8 Å². The minimum absolute atomic E-state index is 0.329. The molecule has 0 aliphatic carbocycles. The molecule has 0 aliphatic heterocycles. The molecule has 0 saturated heterocycles. The van der Waals surface area contributed by atoms with Gasteiger partial charge in [-0.15, -0.1) is 0 Å². The standard InChI is InChI=1S/C14H12N2O2S/c1-8-3-4-10(9(2)7-8)11-12(13(17)18)19-14-15-5-6-16(11)14/h3-7H,1-2H3,(H,17,18). The minimum Gasteiger partial charge on any atom is -0.477 e. The van der Waals surface area contributed by atoms with Crippen LogP contribution in [0, 0.1) is 13.8 Å². The van der Waals surface area contributed by atoms with Gasteiger partial charge in [0.2, 0.25) is 0 Å². The molecule has 3 rings (SSSR count). The average molecular weight is 272 g/mol. The maximum absolute atomic E-state index is 11.4. The SMILES string of the molecule is Cc1ccc(-c2c(C(=O)O)sc3nccn23)c(C)c1. The van der Waals surface area contributed by atoms with Gasteiger partial charge in [0.05, 0.1) is 5.69 Å². The second kappa shape index (κ2) is 4.20. The molecular weight excluding hydrogens is 260 g/mol. The molecule has 96 valence electrons. The number of aryl methyl sites for hydroxylation is 2. The Morgan fingerprint density at radius 1 is 1.37 bits per heavy atom. The molecule has 0 fully saturated rings. The zero-order valence-corrected chi connectivity index (χ0v) is 11.4. The largest absolute Gasteiger partial charge is 0.477 e. The van der Waals surface area contributed by atoms with E-state index in [1.54, 1.807) is 12.4 Å². The van der Waals surface area contributed by atoms with E-state index in [0.29, 0.717) is 15.5 Å². The number of thiazole rings is 1. The molecule has 0 spiro atoms. The number of nitrogens with zero attached hydrogens (tertiary/aromatic N) is 2. The molecule has 0 bridgehead atoms. The monoisotopic (exact) mass is 272 g/mol. The highest BCUT2D eigenvalue weighted by Crippen LogP contribution is 2.33. The lowest BCUT2D eigenvalue weighted by Crippen LogP contribution is -1.98. The molecule has 1 aromatic carbocycles. The lowest BCUT2D eigenvalue weighted by Gasteiger charge is -2.07. The fourth-order valence-corrected chi connectivity index (χ4v) is 3.20. The van der Waals surface area contributed by atoms with Crippen LogP contribution in [0.2, 0.25) is 0 Å². The van der Waals surface area contributed by atoms with Crippen molar-refractivity contribution in [3.05, 3.63) is 46.6 Å². The highest BCUT2D eigenvalue weighted by atomic mass is 32.1. The van der Waals surface area contributed by atoms with E-state index in [2.05, 4.69) is 11.1 Å². The Morgan fingerprint density at radius 3 is 2.84 bits per heavy atom. The van der Waals surface area contributed by atoms with Gasteiger partial charge in [-0.05, 0) is 19.4 Å². The molecule has 19 heavy (non-hydrogen) atoms. The predicted molar refractivity (Wildman–Crippen MR) is 74.9 cm³/mol. The molecular formula is C14H12N2O2S. The molecule has 2 aromatic heterocycles. The molecule has 2 heterocycles. The van der Waals surface area contributed by atoms with Gasteiger partial charge >= 0.3 is 5.97 Å². The lowest BCUT2D eigenvalue weighted by atomic mass is 10.0. The number of aromatic nitrogens is 2. The van der Waals surface area contributed by atoms with Crippen molar-refractivity contribution >= 4 is 22.3 Å². The normalized spacial score (nSPS) is 11.1. The summed E-state index contributed by atoms with van der Waals surface area (Å²) in [5.74, 6) is -0.912. The highest BCUT2D eigenvalue weighted by molar-refractivity contribution is 7.19. The number of hydrogen-bond donors (Lipinski definition) is 1. The Bertz CT molecular complexity index is 786. The number of rotatable bonds is 2. The summed E-state index contributed by atoms with van der Waals surface area (Å²) in [6.45, 7) is 4.02. The second-order valence-electron chi connectivity index (χ2n) is 4.48. The third kappa shape index (κ3) is 1.82. The van der Waals surface area contributed by atoms with Crippen molar-refractivity contribution in [1.82, 2.24) is 9.38 Å². The van der Waals surface area contributed by atoms with E-state index in [9.17, 15) is 9.90 Å². The number of aromatic carboxylic acids is 1. The van der Waals surface area contributed by atoms with Crippen molar-refractivity contribution in [3.63, 3.8) is 0 Å². The number of carboxylic acid groups (broad SMARTS) is 1. The van der Waals surface area contributed by atoms with Crippen molar-refractivity contribution < 1.29 is 9.90 Å². The third-order valence-electron chi connectivity index (χ3n) is 3.09. The predicted octanol–water partition coefficient (Wildman–Crippen LogP) is 3.38. The topological polar surface area (TPSA) is 54.6 Å². The molecule has 3 aromatic rings. The fourth-order valence-electron chi connectivity index (χ4n) is 2.26. The fraction of sp³-hybridized carbons (Fsp3) is 0.143. The zero-order chi connectivity index (χ0) is 13.6. The summed E-state index contributed by atoms with van der Waals surface area (Å²) in [7, 11) is 0. The van der Waals surface area contributed by atoms with Crippen molar-refractivity contribution in [1.29, 1.82) is 0 Å². The zero-order valence-electron chi connectivity index (χ0n) is 10.5. The average Bonchev–Trinajstić information content (AvgIpc) is 2.89. The van der Waals surface area contributed by atoms with Gasteiger partial charge in [0.15, 0.2) is 4.96 Å². The highest BCUT2D eigenvalue weighted by Gasteiger charge is 2.20. The maximum Gasteiger partial charge on any atom is 0.348 e. The van der Waals surface area contributed by atoms with Crippen LogP contribution in [0.1, 0.15) is 20.8 Å². The van der Waals surface area contributed by atoms with Crippen LogP contribution in [0.3, 0.4) is 0 Å². The molecule has 0 saturated carbocycles. The van der Waals surface area contributed by atoms with Crippen LogP contribution in [0.4, 0.5) is 0 Å². The smallest absolute Gasteiger partial charge is 0.348 e. The van der Waals surface area contributed by atoms with E-state index >= 15 is 0 Å². The number of hydrogen-bond acceptors (Lipinski definition) is 3. The van der Waals surface area contributed by atoms with Crippen LogP contribution in [-0.4, -0.2) is 20.5 Å². The second-order valence-corrected chi connectivity index (χ2v) is 5.46. The first kappa shape index (κ1) is 11.9. The summed E-state index contributed by atoms with van der Waals surface area (Å²) in [5, 5.41) is 9.36. The minimum atomic E-state index is -0.912. The first-order chi connectivity index (χ1) is 9.08. The van der Waals surface area contributed by atoms with Gasteiger partial charge < -0.3 is 5.11 Å². The van der Waals surface area contributed by atoms with Crippen LogP contribution in [0.5, 0.6) is 0 Å². The van der Waals surface area contributed by atoms with Gasteiger partial charge in [0.1, 0.15) is 4.88 Å².